The van der Waals surface area contributed by atoms with Crippen molar-refractivity contribution in [2.24, 2.45) is 7.05 Å². The van der Waals surface area contributed by atoms with Gasteiger partial charge in [-0.1, -0.05) is 0 Å². The van der Waals surface area contributed by atoms with Gasteiger partial charge in [0.15, 0.2) is 0 Å². The van der Waals surface area contributed by atoms with Crippen molar-refractivity contribution in [3.63, 3.8) is 0 Å². The summed E-state index contributed by atoms with van der Waals surface area (Å²) >= 11 is 0. The van der Waals surface area contributed by atoms with Gasteiger partial charge in [0, 0.05) is 57.1 Å². The number of aromatic nitrogens is 2. The normalized spacial score (nSPS) is 18.0. The Morgan fingerprint density at radius 3 is 2.54 bits per heavy atom. The van der Waals surface area contributed by atoms with Gasteiger partial charge in [0.2, 0.25) is 0 Å². The molecule has 6 nitrogen and oxygen atoms in total. The molecule has 2 heterocycles. The summed E-state index contributed by atoms with van der Waals surface area (Å²) in [5.41, 5.74) is 2.45. The number of nitrogens with zero attached hydrogens (tertiary/aromatic N) is 3. The second-order valence-corrected chi connectivity index (χ2v) is 6.34. The highest BCUT2D eigenvalue weighted by Crippen LogP contribution is 2.24. The third-order valence-corrected chi connectivity index (χ3v) is 4.44. The van der Waals surface area contributed by atoms with Gasteiger partial charge in [-0.05, 0) is 24.1 Å². The first-order chi connectivity index (χ1) is 11.7. The average Bonchev–Trinajstić information content (AvgIpc) is 3.21. The highest BCUT2D eigenvalue weighted by Gasteiger charge is 2.22. The number of nitrogens with one attached hydrogen (secondary N) is 1. The summed E-state index contributed by atoms with van der Waals surface area (Å²) in [6, 6.07) is 6.60. The molecule has 0 saturated carbocycles. The number of hydrogen-bond donors (Lipinski definition) is 1. The Hall–Kier alpha value is -2.05. The van der Waals surface area contributed by atoms with Crippen molar-refractivity contribution < 1.29 is 9.47 Å². The summed E-state index contributed by atoms with van der Waals surface area (Å²) < 4.78 is 12.5. The fraction of sp³-hybridized carbons (Fsp3) is 0.500. The van der Waals surface area contributed by atoms with Gasteiger partial charge in [-0.2, -0.15) is 5.10 Å². The third-order valence-electron chi connectivity index (χ3n) is 4.44. The molecule has 1 aliphatic rings. The molecule has 0 aliphatic carbocycles. The lowest BCUT2D eigenvalue weighted by atomic mass is 10.2. The van der Waals surface area contributed by atoms with E-state index in [0.717, 1.165) is 37.7 Å². The molecule has 1 N–H and O–H groups in total. The van der Waals surface area contributed by atoms with Gasteiger partial charge in [-0.3, -0.25) is 9.58 Å². The van der Waals surface area contributed by atoms with Crippen LogP contribution < -0.4 is 14.8 Å². The Balaban J connectivity index is 1.52. The second-order valence-electron chi connectivity index (χ2n) is 6.34. The first-order valence-electron chi connectivity index (χ1n) is 8.31. The van der Waals surface area contributed by atoms with Crippen LogP contribution in [0.15, 0.2) is 30.6 Å². The van der Waals surface area contributed by atoms with Crippen LogP contribution in [0.1, 0.15) is 17.5 Å². The minimum atomic E-state index is 0.526. The summed E-state index contributed by atoms with van der Waals surface area (Å²) in [7, 11) is 5.32. The minimum Gasteiger partial charge on any atom is -0.497 e. The summed E-state index contributed by atoms with van der Waals surface area (Å²) in [4.78, 5) is 2.47. The molecule has 24 heavy (non-hydrogen) atoms. The SMILES string of the molecule is COc1cc(CN2CCC(NCc3cnn(C)c3)C2)cc(OC)c1. The molecule has 1 aliphatic heterocycles. The molecule has 1 aromatic heterocycles. The molecular weight excluding hydrogens is 304 g/mol. The summed E-state index contributed by atoms with van der Waals surface area (Å²) in [5.74, 6) is 1.68. The summed E-state index contributed by atoms with van der Waals surface area (Å²) in [5, 5.41) is 7.84. The molecule has 1 aromatic carbocycles. The first kappa shape index (κ1) is 16.8. The number of benzene rings is 1. The van der Waals surface area contributed by atoms with Crippen LogP contribution >= 0.6 is 0 Å². The Morgan fingerprint density at radius 1 is 1.17 bits per heavy atom. The number of aryl methyl sites for hydroxylation is 1. The minimum absolute atomic E-state index is 0.526. The maximum absolute atomic E-state index is 5.35. The van der Waals surface area contributed by atoms with Crippen molar-refractivity contribution in [1.82, 2.24) is 20.0 Å². The molecule has 1 unspecified atom stereocenters. The molecule has 3 rings (SSSR count). The molecule has 0 bridgehead atoms. The number of rotatable bonds is 7. The van der Waals surface area contributed by atoms with Crippen molar-refractivity contribution in [2.75, 3.05) is 27.3 Å². The van der Waals surface area contributed by atoms with Crippen molar-refractivity contribution in [2.45, 2.75) is 25.6 Å². The molecule has 130 valence electrons. The van der Waals surface area contributed by atoms with Crippen molar-refractivity contribution in [1.29, 1.82) is 0 Å². The topological polar surface area (TPSA) is 51.5 Å². The van der Waals surface area contributed by atoms with E-state index in [0.29, 0.717) is 6.04 Å². The lowest BCUT2D eigenvalue weighted by Crippen LogP contribution is -2.31. The zero-order valence-electron chi connectivity index (χ0n) is 14.7. The summed E-state index contributed by atoms with van der Waals surface area (Å²) in [6.45, 7) is 3.95. The van der Waals surface area contributed by atoms with Crippen molar-refractivity contribution in [3.8, 4) is 11.5 Å². The first-order valence-corrected chi connectivity index (χ1v) is 8.31. The van der Waals surface area contributed by atoms with E-state index in [2.05, 4.69) is 33.6 Å². The van der Waals surface area contributed by atoms with Gasteiger partial charge in [-0.15, -0.1) is 0 Å². The zero-order valence-corrected chi connectivity index (χ0v) is 14.7. The predicted molar refractivity (Wildman–Crippen MR) is 93.3 cm³/mol. The van der Waals surface area contributed by atoms with Crippen LogP contribution in [0.4, 0.5) is 0 Å². The van der Waals surface area contributed by atoms with Gasteiger partial charge in [0.25, 0.3) is 0 Å². The monoisotopic (exact) mass is 330 g/mol. The fourth-order valence-electron chi connectivity index (χ4n) is 3.18. The van der Waals surface area contributed by atoms with E-state index >= 15 is 0 Å². The standard InChI is InChI=1S/C18H26N4O2/c1-21-11-15(10-20-21)9-19-16-4-5-22(13-16)12-14-6-17(23-2)8-18(7-14)24-3/h6-8,10-11,16,19H,4-5,9,12-13H2,1-3H3. The van der Waals surface area contributed by atoms with Gasteiger partial charge in [0.1, 0.15) is 11.5 Å². The number of likely N-dealkylation sites (tertiary alicyclic amines) is 1. The molecule has 1 atom stereocenters. The Labute approximate surface area is 143 Å². The molecule has 0 spiro atoms. The van der Waals surface area contributed by atoms with Crippen molar-refractivity contribution in [3.05, 3.63) is 41.7 Å². The van der Waals surface area contributed by atoms with E-state index in [4.69, 9.17) is 9.47 Å². The van der Waals surface area contributed by atoms with Gasteiger partial charge in [0.05, 0.1) is 20.4 Å². The maximum Gasteiger partial charge on any atom is 0.122 e. The lowest BCUT2D eigenvalue weighted by molar-refractivity contribution is 0.317. The highest BCUT2D eigenvalue weighted by atomic mass is 16.5. The zero-order chi connectivity index (χ0) is 16.9. The predicted octanol–water partition coefficient (Wildman–Crippen LogP) is 1.80. The largest absolute Gasteiger partial charge is 0.497 e. The van der Waals surface area contributed by atoms with Crippen LogP contribution in [0.5, 0.6) is 11.5 Å². The van der Waals surface area contributed by atoms with Gasteiger partial charge >= 0.3 is 0 Å². The van der Waals surface area contributed by atoms with E-state index in [1.807, 2.05) is 24.0 Å². The van der Waals surface area contributed by atoms with Gasteiger partial charge in [-0.25, -0.2) is 0 Å². The van der Waals surface area contributed by atoms with E-state index in [1.165, 1.54) is 17.5 Å². The van der Waals surface area contributed by atoms with Crippen LogP contribution in [0.25, 0.3) is 0 Å². The molecule has 0 radical (unpaired) electrons. The van der Waals surface area contributed by atoms with Crippen molar-refractivity contribution >= 4 is 0 Å². The summed E-state index contributed by atoms with van der Waals surface area (Å²) in [6.07, 6.45) is 5.14. The van der Waals surface area contributed by atoms with E-state index in [-0.39, 0.29) is 0 Å². The van der Waals surface area contributed by atoms with Crippen LogP contribution in [0, 0.1) is 0 Å². The smallest absolute Gasteiger partial charge is 0.122 e. The number of ether oxygens (including phenoxy) is 2. The average molecular weight is 330 g/mol. The number of hydrogen-bond acceptors (Lipinski definition) is 5. The molecular formula is C18H26N4O2. The Bertz CT molecular complexity index is 649. The third kappa shape index (κ3) is 4.27. The Kier molecular flexibility index (Phi) is 5.37. The van der Waals surface area contributed by atoms with Crippen LogP contribution in [0.3, 0.4) is 0 Å². The van der Waals surface area contributed by atoms with E-state index in [9.17, 15) is 0 Å². The molecule has 2 aromatic rings. The molecule has 0 amide bonds. The maximum atomic E-state index is 5.35. The second kappa shape index (κ2) is 7.68. The molecule has 6 heteroatoms. The van der Waals surface area contributed by atoms with Crippen LogP contribution in [0.2, 0.25) is 0 Å². The fourth-order valence-corrected chi connectivity index (χ4v) is 3.18. The highest BCUT2D eigenvalue weighted by molar-refractivity contribution is 5.38. The quantitative estimate of drug-likeness (QED) is 0.839. The van der Waals surface area contributed by atoms with E-state index in [1.54, 1.807) is 14.2 Å². The molecule has 1 saturated heterocycles. The van der Waals surface area contributed by atoms with Gasteiger partial charge < -0.3 is 14.8 Å². The Morgan fingerprint density at radius 2 is 1.92 bits per heavy atom. The lowest BCUT2D eigenvalue weighted by Gasteiger charge is -2.17. The number of methoxy groups -OCH3 is 2. The molecule has 1 fully saturated rings. The van der Waals surface area contributed by atoms with Crippen LogP contribution in [-0.4, -0.2) is 48.0 Å². The van der Waals surface area contributed by atoms with Crippen LogP contribution in [-0.2, 0) is 20.1 Å². The van der Waals surface area contributed by atoms with E-state index < -0.39 is 0 Å².